The number of thiocarbonyl (C=S) groups is 1. The highest BCUT2D eigenvalue weighted by Gasteiger charge is 2.33. The van der Waals surface area contributed by atoms with Crippen molar-refractivity contribution in [3.63, 3.8) is 0 Å². The van der Waals surface area contributed by atoms with E-state index in [0.717, 1.165) is 27.4 Å². The van der Waals surface area contributed by atoms with Crippen LogP contribution in [0.3, 0.4) is 0 Å². The zero-order chi connectivity index (χ0) is 22.0. The lowest BCUT2D eigenvalue weighted by Gasteiger charge is -2.10. The molecule has 31 heavy (non-hydrogen) atoms. The third-order valence-corrected chi connectivity index (χ3v) is 5.88. The molecule has 1 amide bonds. The maximum absolute atomic E-state index is 12.4. The van der Waals surface area contributed by atoms with Gasteiger partial charge in [-0.3, -0.25) is 14.5 Å². The van der Waals surface area contributed by atoms with Gasteiger partial charge in [-0.05, 0) is 35.7 Å². The summed E-state index contributed by atoms with van der Waals surface area (Å²) in [6.45, 7) is -0.507. The Labute approximate surface area is 186 Å². The van der Waals surface area contributed by atoms with Gasteiger partial charge in [-0.1, -0.05) is 60.4 Å². The minimum atomic E-state index is -1.16. The molecule has 0 bridgehead atoms. The first kappa shape index (κ1) is 20.7. The van der Waals surface area contributed by atoms with E-state index in [-0.39, 0.29) is 15.0 Å². The lowest BCUT2D eigenvalue weighted by molar-refractivity contribution is -0.140. The second-order valence-electron chi connectivity index (χ2n) is 6.60. The third kappa shape index (κ3) is 4.47. The number of carbonyl (C=O) groups is 2. The van der Waals surface area contributed by atoms with E-state index in [2.05, 4.69) is 10.2 Å². The molecule has 0 saturated carbocycles. The van der Waals surface area contributed by atoms with E-state index < -0.39 is 18.4 Å². The highest BCUT2D eigenvalue weighted by molar-refractivity contribution is 8.26. The number of aliphatic carboxylic acids is 1. The maximum atomic E-state index is 12.4. The van der Waals surface area contributed by atoms with Crippen LogP contribution in [-0.2, 0) is 9.59 Å². The Morgan fingerprint density at radius 3 is 2.68 bits per heavy atom. The summed E-state index contributed by atoms with van der Waals surface area (Å²) in [6, 6.07) is 18.3. The van der Waals surface area contributed by atoms with E-state index >= 15 is 0 Å². The number of hydrogen-bond acceptors (Lipinski definition) is 7. The van der Waals surface area contributed by atoms with E-state index in [9.17, 15) is 14.7 Å². The Kier molecular flexibility index (Phi) is 5.79. The molecule has 1 fully saturated rings. The fraction of sp³-hybridized carbons (Fsp3) is 0.0455. The van der Waals surface area contributed by atoms with Crippen molar-refractivity contribution in [2.75, 3.05) is 6.54 Å². The number of hydrogen-bond donors (Lipinski definition) is 2. The predicted octanol–water partition coefficient (Wildman–Crippen LogP) is 5.25. The first-order valence-corrected chi connectivity index (χ1v) is 10.3. The van der Waals surface area contributed by atoms with Gasteiger partial charge in [0.15, 0.2) is 0 Å². The van der Waals surface area contributed by atoms with Crippen molar-refractivity contribution in [2.45, 2.75) is 0 Å². The van der Waals surface area contributed by atoms with Crippen LogP contribution in [0.2, 0.25) is 0 Å². The molecule has 1 saturated heterocycles. The summed E-state index contributed by atoms with van der Waals surface area (Å²) in [5, 5.41) is 29.8. The van der Waals surface area contributed by atoms with Crippen molar-refractivity contribution >= 4 is 68.4 Å². The van der Waals surface area contributed by atoms with Gasteiger partial charge in [-0.15, -0.1) is 5.11 Å². The maximum Gasteiger partial charge on any atom is 0.323 e. The normalized spacial score (nSPS) is 15.5. The van der Waals surface area contributed by atoms with Crippen LogP contribution in [0.25, 0.3) is 16.8 Å². The number of thioether (sulfide) groups is 1. The second-order valence-corrected chi connectivity index (χ2v) is 8.28. The van der Waals surface area contributed by atoms with Crippen LogP contribution in [0.1, 0.15) is 5.56 Å². The number of carboxylic acid groups (broad SMARTS) is 1. The summed E-state index contributed by atoms with van der Waals surface area (Å²) in [4.78, 5) is 24.6. The van der Waals surface area contributed by atoms with E-state index in [1.807, 2.05) is 42.5 Å². The molecule has 3 aromatic carbocycles. The van der Waals surface area contributed by atoms with Crippen molar-refractivity contribution in [3.8, 4) is 5.75 Å². The Balaban J connectivity index is 1.63. The Morgan fingerprint density at radius 1 is 1.10 bits per heavy atom. The molecule has 0 aromatic heterocycles. The zero-order valence-corrected chi connectivity index (χ0v) is 17.6. The number of phenolic OH excluding ortho intramolecular Hbond substituents is 1. The van der Waals surface area contributed by atoms with Gasteiger partial charge < -0.3 is 10.2 Å². The van der Waals surface area contributed by atoms with Crippen LogP contribution < -0.4 is 0 Å². The van der Waals surface area contributed by atoms with Gasteiger partial charge in [0.2, 0.25) is 0 Å². The number of azo groups is 1. The zero-order valence-electron chi connectivity index (χ0n) is 15.9. The number of amides is 1. The molecule has 0 aliphatic carbocycles. The molecule has 154 valence electrons. The Bertz CT molecular complexity index is 1280. The standard InChI is InChI=1S/C22H15N3O4S2/c26-18-9-8-15(23-24-17-7-3-5-13-4-1-2-6-16(13)17)10-14(18)11-19-21(29)25(12-20(27)28)22(30)31-19/h1-11,26H,12H2,(H,27,28)/b19-11-,24-23?. The van der Waals surface area contributed by atoms with Crippen molar-refractivity contribution in [1.29, 1.82) is 0 Å². The molecule has 4 rings (SSSR count). The Hall–Kier alpha value is -3.56. The van der Waals surface area contributed by atoms with E-state index in [1.165, 1.54) is 12.1 Å². The highest BCUT2D eigenvalue weighted by atomic mass is 32.2. The topological polar surface area (TPSA) is 103 Å². The lowest BCUT2D eigenvalue weighted by atomic mass is 10.1. The molecule has 0 spiro atoms. The SMILES string of the molecule is O=C(O)CN1C(=O)/C(=C/c2cc(N=Nc3cccc4ccccc34)ccc2O)SC1=S. The van der Waals surface area contributed by atoms with Crippen LogP contribution in [0.4, 0.5) is 11.4 Å². The Morgan fingerprint density at radius 2 is 1.87 bits per heavy atom. The van der Waals surface area contributed by atoms with Gasteiger partial charge in [0.05, 0.1) is 16.3 Å². The number of carboxylic acids is 1. The highest BCUT2D eigenvalue weighted by Crippen LogP contribution is 2.35. The van der Waals surface area contributed by atoms with Crippen LogP contribution in [-0.4, -0.2) is 37.9 Å². The molecule has 0 atom stereocenters. The average molecular weight is 450 g/mol. The van der Waals surface area contributed by atoms with Gasteiger partial charge in [0, 0.05) is 10.9 Å². The van der Waals surface area contributed by atoms with Gasteiger partial charge in [0.1, 0.15) is 16.6 Å². The molecule has 3 aromatic rings. The van der Waals surface area contributed by atoms with Crippen molar-refractivity contribution < 1.29 is 19.8 Å². The van der Waals surface area contributed by atoms with Gasteiger partial charge >= 0.3 is 5.97 Å². The van der Waals surface area contributed by atoms with Gasteiger partial charge in [0.25, 0.3) is 5.91 Å². The minimum Gasteiger partial charge on any atom is -0.507 e. The van der Waals surface area contributed by atoms with Crippen molar-refractivity contribution in [2.24, 2.45) is 10.2 Å². The second kappa shape index (κ2) is 8.66. The molecule has 0 unspecified atom stereocenters. The molecule has 7 nitrogen and oxygen atoms in total. The smallest absolute Gasteiger partial charge is 0.323 e. The molecule has 1 heterocycles. The fourth-order valence-electron chi connectivity index (χ4n) is 3.04. The third-order valence-electron chi connectivity index (χ3n) is 4.50. The van der Waals surface area contributed by atoms with Crippen molar-refractivity contribution in [1.82, 2.24) is 4.90 Å². The quantitative estimate of drug-likeness (QED) is 0.313. The number of aromatic hydroxyl groups is 1. The van der Waals surface area contributed by atoms with Crippen LogP contribution in [0, 0.1) is 0 Å². The predicted molar refractivity (Wildman–Crippen MR) is 124 cm³/mol. The molecule has 1 aliphatic rings. The van der Waals surface area contributed by atoms with Gasteiger partial charge in [-0.25, -0.2) is 0 Å². The van der Waals surface area contributed by atoms with Crippen LogP contribution in [0.15, 0.2) is 75.8 Å². The summed E-state index contributed by atoms with van der Waals surface area (Å²) in [5.41, 5.74) is 1.55. The molecule has 2 N–H and O–H groups in total. The summed E-state index contributed by atoms with van der Waals surface area (Å²) >= 11 is 6.08. The number of nitrogens with zero attached hydrogens (tertiary/aromatic N) is 3. The first-order valence-electron chi connectivity index (χ1n) is 9.12. The molecular weight excluding hydrogens is 434 g/mol. The molecule has 1 aliphatic heterocycles. The van der Waals surface area contributed by atoms with Gasteiger partial charge in [-0.2, -0.15) is 5.11 Å². The first-order chi connectivity index (χ1) is 14.9. The number of benzene rings is 3. The number of carbonyl (C=O) groups excluding carboxylic acids is 1. The van der Waals surface area contributed by atoms with E-state index in [1.54, 1.807) is 12.1 Å². The van der Waals surface area contributed by atoms with Crippen LogP contribution in [0.5, 0.6) is 5.75 Å². The summed E-state index contributed by atoms with van der Waals surface area (Å²) in [6.07, 6.45) is 1.47. The van der Waals surface area contributed by atoms with Crippen LogP contribution >= 0.6 is 24.0 Å². The largest absolute Gasteiger partial charge is 0.507 e. The van der Waals surface area contributed by atoms with E-state index in [0.29, 0.717) is 16.9 Å². The molecule has 9 heteroatoms. The monoisotopic (exact) mass is 449 g/mol. The summed E-state index contributed by atoms with van der Waals surface area (Å²) < 4.78 is 0.157. The molecule has 0 radical (unpaired) electrons. The lowest BCUT2D eigenvalue weighted by Crippen LogP contribution is -2.33. The summed E-state index contributed by atoms with van der Waals surface area (Å²) in [5.74, 6) is -1.72. The van der Waals surface area contributed by atoms with E-state index in [4.69, 9.17) is 17.3 Å². The number of fused-ring (bicyclic) bond motifs is 1. The summed E-state index contributed by atoms with van der Waals surface area (Å²) in [7, 11) is 0. The number of rotatable bonds is 5. The van der Waals surface area contributed by atoms with Crippen molar-refractivity contribution in [3.05, 3.63) is 71.1 Å². The fourth-order valence-corrected chi connectivity index (χ4v) is 4.29. The molecular formula is C22H15N3O4S2. The minimum absolute atomic E-state index is 0.0485. The average Bonchev–Trinajstić information content (AvgIpc) is 3.01. The number of phenols is 1.